The largest absolute Gasteiger partial charge is 0.492 e. The Morgan fingerprint density at radius 3 is 3.00 bits per heavy atom. The zero-order valence-electron chi connectivity index (χ0n) is 7.16. The van der Waals surface area contributed by atoms with Gasteiger partial charge in [0.15, 0.2) is 0 Å². The summed E-state index contributed by atoms with van der Waals surface area (Å²) in [6, 6.07) is 3.48. The van der Waals surface area contributed by atoms with Crippen LogP contribution in [0.1, 0.15) is 12.8 Å². The maximum absolute atomic E-state index is 5.60. The molecule has 0 saturated carbocycles. The van der Waals surface area contributed by atoms with Crippen molar-refractivity contribution in [2.75, 3.05) is 6.61 Å². The molecule has 0 N–H and O–H groups in total. The van der Waals surface area contributed by atoms with Gasteiger partial charge in [-0.05, 0) is 18.6 Å². The average molecular weight is 196 g/mol. The van der Waals surface area contributed by atoms with E-state index >= 15 is 0 Å². The molecule has 2 nitrogen and oxygen atoms in total. The predicted octanol–water partition coefficient (Wildman–Crippen LogP) is 2.53. The van der Waals surface area contributed by atoms with E-state index < -0.39 is 0 Å². The first-order chi connectivity index (χ1) is 6.33. The lowest BCUT2D eigenvalue weighted by Gasteiger charge is -2.03. The van der Waals surface area contributed by atoms with Gasteiger partial charge < -0.3 is 4.74 Å². The van der Waals surface area contributed by atoms with Crippen molar-refractivity contribution in [2.24, 2.45) is 0 Å². The van der Waals surface area contributed by atoms with Gasteiger partial charge in [-0.3, -0.25) is 0 Å². The third-order valence-corrected chi connectivity index (χ3v) is 1.66. The number of halogens is 1. The Balaban J connectivity index is 2.30. The number of terminal acetylenes is 1. The summed E-state index contributed by atoms with van der Waals surface area (Å²) < 4.78 is 5.35. The first-order valence-corrected chi connectivity index (χ1v) is 4.38. The van der Waals surface area contributed by atoms with Gasteiger partial charge in [-0.1, -0.05) is 11.6 Å². The van der Waals surface area contributed by atoms with E-state index in [0.717, 1.165) is 18.6 Å². The van der Waals surface area contributed by atoms with Crippen molar-refractivity contribution >= 4 is 11.6 Å². The smallest absolute Gasteiger partial charge is 0.137 e. The van der Waals surface area contributed by atoms with Crippen molar-refractivity contribution < 1.29 is 4.74 Å². The molecule has 0 unspecified atom stereocenters. The van der Waals surface area contributed by atoms with Crippen molar-refractivity contribution in [2.45, 2.75) is 12.8 Å². The lowest BCUT2D eigenvalue weighted by molar-refractivity contribution is 0.312. The van der Waals surface area contributed by atoms with Gasteiger partial charge in [0.1, 0.15) is 10.9 Å². The number of pyridine rings is 1. The number of hydrogen-bond donors (Lipinski definition) is 0. The SMILES string of the molecule is C#CCCCOc1ccc(Cl)nc1. The van der Waals surface area contributed by atoms with Crippen LogP contribution in [-0.4, -0.2) is 11.6 Å². The fourth-order valence-electron chi connectivity index (χ4n) is 0.812. The van der Waals surface area contributed by atoms with Gasteiger partial charge in [0.05, 0.1) is 12.8 Å². The molecule has 1 aromatic rings. The molecule has 0 aromatic carbocycles. The van der Waals surface area contributed by atoms with Crippen molar-refractivity contribution in [1.29, 1.82) is 0 Å². The molecule has 0 aliphatic rings. The first-order valence-electron chi connectivity index (χ1n) is 4.01. The van der Waals surface area contributed by atoms with Crippen LogP contribution in [0.4, 0.5) is 0 Å². The minimum absolute atomic E-state index is 0.468. The summed E-state index contributed by atoms with van der Waals surface area (Å²) in [5.74, 6) is 3.27. The van der Waals surface area contributed by atoms with Crippen LogP contribution in [0.2, 0.25) is 5.15 Å². The monoisotopic (exact) mass is 195 g/mol. The minimum Gasteiger partial charge on any atom is -0.492 e. The van der Waals surface area contributed by atoms with Gasteiger partial charge in [0.2, 0.25) is 0 Å². The van der Waals surface area contributed by atoms with Gasteiger partial charge in [0, 0.05) is 6.42 Å². The lowest BCUT2D eigenvalue weighted by Crippen LogP contribution is -1.96. The zero-order chi connectivity index (χ0) is 9.52. The maximum Gasteiger partial charge on any atom is 0.137 e. The first kappa shape index (κ1) is 9.88. The summed E-state index contributed by atoms with van der Waals surface area (Å²) in [6.07, 6.45) is 8.29. The van der Waals surface area contributed by atoms with Gasteiger partial charge in [-0.25, -0.2) is 4.98 Å². The molecule has 1 aromatic heterocycles. The predicted molar refractivity (Wildman–Crippen MR) is 52.8 cm³/mol. The second kappa shape index (κ2) is 5.45. The highest BCUT2D eigenvalue weighted by Gasteiger charge is 1.93. The van der Waals surface area contributed by atoms with Gasteiger partial charge in [-0.15, -0.1) is 12.3 Å². The van der Waals surface area contributed by atoms with Crippen molar-refractivity contribution in [1.82, 2.24) is 4.98 Å². The van der Waals surface area contributed by atoms with Crippen molar-refractivity contribution in [3.05, 3.63) is 23.5 Å². The van der Waals surface area contributed by atoms with E-state index in [1.807, 2.05) is 0 Å². The number of nitrogens with zero attached hydrogens (tertiary/aromatic N) is 1. The van der Waals surface area contributed by atoms with Gasteiger partial charge in [-0.2, -0.15) is 0 Å². The number of unbranched alkanes of at least 4 members (excludes halogenated alkanes) is 1. The Labute approximate surface area is 82.9 Å². The molecule has 13 heavy (non-hydrogen) atoms. The summed E-state index contributed by atoms with van der Waals surface area (Å²) in [7, 11) is 0. The molecule has 1 rings (SSSR count). The van der Waals surface area contributed by atoms with E-state index in [1.54, 1.807) is 18.3 Å². The molecule has 3 heteroatoms. The molecule has 0 amide bonds. The second-order valence-electron chi connectivity index (χ2n) is 2.47. The summed E-state index contributed by atoms with van der Waals surface area (Å²) in [5.41, 5.74) is 0. The van der Waals surface area contributed by atoms with Crippen LogP contribution in [0, 0.1) is 12.3 Å². The van der Waals surface area contributed by atoms with Gasteiger partial charge in [0.25, 0.3) is 0 Å². The Bertz CT molecular complexity index is 289. The van der Waals surface area contributed by atoms with Crippen molar-refractivity contribution in [3.8, 4) is 18.1 Å². The Morgan fingerprint density at radius 2 is 2.38 bits per heavy atom. The highest BCUT2D eigenvalue weighted by molar-refractivity contribution is 6.29. The van der Waals surface area contributed by atoms with Crippen LogP contribution in [0.3, 0.4) is 0 Å². The second-order valence-corrected chi connectivity index (χ2v) is 2.86. The molecular formula is C10H10ClNO. The van der Waals surface area contributed by atoms with Crippen LogP contribution in [-0.2, 0) is 0 Å². The number of rotatable bonds is 4. The Hall–Kier alpha value is -1.20. The van der Waals surface area contributed by atoms with Crippen LogP contribution in [0.15, 0.2) is 18.3 Å². The Morgan fingerprint density at radius 1 is 1.54 bits per heavy atom. The minimum atomic E-state index is 0.468. The molecule has 0 atom stereocenters. The quantitative estimate of drug-likeness (QED) is 0.419. The molecule has 68 valence electrons. The lowest BCUT2D eigenvalue weighted by atomic mass is 10.3. The van der Waals surface area contributed by atoms with E-state index in [9.17, 15) is 0 Å². The van der Waals surface area contributed by atoms with Crippen LogP contribution < -0.4 is 4.74 Å². The zero-order valence-corrected chi connectivity index (χ0v) is 7.92. The van der Waals surface area contributed by atoms with E-state index in [2.05, 4.69) is 10.9 Å². The maximum atomic E-state index is 5.60. The average Bonchev–Trinajstić information content (AvgIpc) is 2.15. The number of hydrogen-bond acceptors (Lipinski definition) is 2. The standard InChI is InChI=1S/C10H10ClNO/c1-2-3-4-7-13-9-5-6-10(11)12-8-9/h1,5-6,8H,3-4,7H2. The third-order valence-electron chi connectivity index (χ3n) is 1.43. The molecule has 1 heterocycles. The molecule has 0 aliphatic heterocycles. The number of aromatic nitrogens is 1. The highest BCUT2D eigenvalue weighted by Crippen LogP contribution is 2.12. The normalized spacial score (nSPS) is 9.23. The molecule has 0 spiro atoms. The van der Waals surface area contributed by atoms with Gasteiger partial charge >= 0.3 is 0 Å². The van der Waals surface area contributed by atoms with E-state index in [1.165, 1.54) is 0 Å². The molecular weight excluding hydrogens is 186 g/mol. The number of ether oxygens (including phenoxy) is 1. The summed E-state index contributed by atoms with van der Waals surface area (Å²) in [6.45, 7) is 0.619. The third kappa shape index (κ3) is 3.82. The molecule has 0 radical (unpaired) electrons. The fourth-order valence-corrected chi connectivity index (χ4v) is 0.924. The molecule has 0 saturated heterocycles. The van der Waals surface area contributed by atoms with E-state index in [0.29, 0.717) is 11.8 Å². The summed E-state index contributed by atoms with van der Waals surface area (Å²) in [4.78, 5) is 3.88. The topological polar surface area (TPSA) is 22.1 Å². The van der Waals surface area contributed by atoms with Crippen LogP contribution in [0.25, 0.3) is 0 Å². The van der Waals surface area contributed by atoms with E-state index in [-0.39, 0.29) is 0 Å². The summed E-state index contributed by atoms with van der Waals surface area (Å²) in [5, 5.41) is 0.468. The van der Waals surface area contributed by atoms with Crippen molar-refractivity contribution in [3.63, 3.8) is 0 Å². The Kier molecular flexibility index (Phi) is 4.14. The van der Waals surface area contributed by atoms with E-state index in [4.69, 9.17) is 22.8 Å². The summed E-state index contributed by atoms with van der Waals surface area (Å²) >= 11 is 5.60. The fraction of sp³-hybridized carbons (Fsp3) is 0.300. The highest BCUT2D eigenvalue weighted by atomic mass is 35.5. The molecule has 0 bridgehead atoms. The van der Waals surface area contributed by atoms with Crippen LogP contribution in [0.5, 0.6) is 5.75 Å². The molecule has 0 aliphatic carbocycles. The molecule has 0 fully saturated rings. The van der Waals surface area contributed by atoms with Crippen LogP contribution >= 0.6 is 11.6 Å².